The maximum absolute atomic E-state index is 12.1. The van der Waals surface area contributed by atoms with Crippen LogP contribution >= 0.6 is 11.3 Å². The molecule has 0 saturated carbocycles. The first-order chi connectivity index (χ1) is 11.0. The minimum Gasteiger partial charge on any atom is -0.451 e. The van der Waals surface area contributed by atoms with Gasteiger partial charge in [0.2, 0.25) is 0 Å². The van der Waals surface area contributed by atoms with Gasteiger partial charge in [0.15, 0.2) is 10.9 Å². The van der Waals surface area contributed by atoms with E-state index in [1.165, 1.54) is 0 Å². The van der Waals surface area contributed by atoms with Gasteiger partial charge in [-0.05, 0) is 30.4 Å². The smallest absolute Gasteiger partial charge is 0.345 e. The molecular formula is C15H11N3O4S. The van der Waals surface area contributed by atoms with Crippen molar-refractivity contribution >= 4 is 27.4 Å². The maximum atomic E-state index is 12.1. The molecule has 0 saturated heterocycles. The highest BCUT2D eigenvalue weighted by Crippen LogP contribution is 2.26. The summed E-state index contributed by atoms with van der Waals surface area (Å²) in [6.45, 7) is 1.98. The Morgan fingerprint density at radius 3 is 2.65 bits per heavy atom. The number of aryl methyl sites for hydroxylation is 1. The summed E-state index contributed by atoms with van der Waals surface area (Å²) in [6, 6.07) is 11.0. The summed E-state index contributed by atoms with van der Waals surface area (Å²) >= 11 is 0.785. The Labute approximate surface area is 134 Å². The molecule has 0 bridgehead atoms. The van der Waals surface area contributed by atoms with Crippen LogP contribution in [0, 0.1) is 17.0 Å². The minimum absolute atomic E-state index is 0.110. The lowest BCUT2D eigenvalue weighted by molar-refractivity contribution is -0.380. The van der Waals surface area contributed by atoms with Gasteiger partial charge in [-0.2, -0.15) is 0 Å². The van der Waals surface area contributed by atoms with Gasteiger partial charge in [-0.25, -0.2) is 4.98 Å². The summed E-state index contributed by atoms with van der Waals surface area (Å²) < 4.78 is 5.53. The summed E-state index contributed by atoms with van der Waals surface area (Å²) in [4.78, 5) is 25.9. The molecule has 0 radical (unpaired) electrons. The van der Waals surface area contributed by atoms with Crippen molar-refractivity contribution in [3.63, 3.8) is 0 Å². The van der Waals surface area contributed by atoms with Crippen molar-refractivity contribution in [1.29, 1.82) is 0 Å². The summed E-state index contributed by atoms with van der Waals surface area (Å²) in [5.74, 6) is 0.173. The van der Waals surface area contributed by atoms with Crippen molar-refractivity contribution < 1.29 is 14.1 Å². The molecule has 3 aromatic rings. The van der Waals surface area contributed by atoms with Crippen molar-refractivity contribution in [3.05, 3.63) is 64.0 Å². The van der Waals surface area contributed by atoms with Crippen LogP contribution in [-0.4, -0.2) is 15.8 Å². The number of nitrogens with one attached hydrogen (secondary N) is 1. The van der Waals surface area contributed by atoms with Crippen LogP contribution in [0.1, 0.15) is 16.1 Å². The Morgan fingerprint density at radius 1 is 1.26 bits per heavy atom. The number of aromatic nitrogens is 1. The Bertz CT molecular complexity index is 867. The normalized spacial score (nSPS) is 10.5. The molecule has 0 aliphatic heterocycles. The first-order valence-electron chi connectivity index (χ1n) is 6.61. The highest BCUT2D eigenvalue weighted by Gasteiger charge is 2.17. The Hall–Kier alpha value is -3.00. The number of hydrogen-bond acceptors (Lipinski definition) is 6. The Balaban J connectivity index is 1.75. The molecule has 0 unspecified atom stereocenters. The topological polar surface area (TPSA) is 98.3 Å². The molecule has 1 amide bonds. The second kappa shape index (κ2) is 6.01. The van der Waals surface area contributed by atoms with Gasteiger partial charge in [0, 0.05) is 5.56 Å². The number of anilines is 1. The number of benzene rings is 1. The van der Waals surface area contributed by atoms with E-state index in [-0.39, 0.29) is 15.9 Å². The van der Waals surface area contributed by atoms with Crippen LogP contribution in [0.4, 0.5) is 10.1 Å². The van der Waals surface area contributed by atoms with Crippen LogP contribution in [0.3, 0.4) is 0 Å². The van der Waals surface area contributed by atoms with Crippen molar-refractivity contribution in [1.82, 2.24) is 4.98 Å². The third kappa shape index (κ3) is 3.27. The summed E-state index contributed by atoms with van der Waals surface area (Å²) in [6.07, 6.45) is 1.10. The van der Waals surface area contributed by atoms with Gasteiger partial charge in [-0.15, -0.1) is 0 Å². The van der Waals surface area contributed by atoms with Gasteiger partial charge in [0.1, 0.15) is 12.0 Å². The van der Waals surface area contributed by atoms with Gasteiger partial charge < -0.3 is 4.42 Å². The number of thiazole rings is 1. The van der Waals surface area contributed by atoms with Gasteiger partial charge >= 0.3 is 5.00 Å². The van der Waals surface area contributed by atoms with Gasteiger partial charge in [-0.3, -0.25) is 20.2 Å². The predicted octanol–water partition coefficient (Wildman–Crippen LogP) is 3.87. The monoisotopic (exact) mass is 329 g/mol. The van der Waals surface area contributed by atoms with E-state index in [0.29, 0.717) is 5.76 Å². The molecule has 2 heterocycles. The molecule has 0 aliphatic carbocycles. The molecule has 7 nitrogen and oxygen atoms in total. The maximum Gasteiger partial charge on any atom is 0.345 e. The number of nitro groups is 1. The lowest BCUT2D eigenvalue weighted by Crippen LogP contribution is -2.10. The molecule has 116 valence electrons. The predicted molar refractivity (Wildman–Crippen MR) is 85.6 cm³/mol. The standard InChI is InChI=1S/C15H11N3O4S/c1-9-2-4-10(5-3-9)11-6-7-12(22-11)14(19)17-15-16-8-13(23-15)18(20)21/h2-8H,1H3,(H,16,17,19). The van der Waals surface area contributed by atoms with E-state index in [9.17, 15) is 14.9 Å². The zero-order chi connectivity index (χ0) is 16.4. The van der Waals surface area contributed by atoms with E-state index in [4.69, 9.17) is 4.42 Å². The van der Waals surface area contributed by atoms with Crippen LogP contribution in [-0.2, 0) is 0 Å². The molecule has 1 aromatic carbocycles. The van der Waals surface area contributed by atoms with E-state index in [1.54, 1.807) is 12.1 Å². The highest BCUT2D eigenvalue weighted by atomic mass is 32.1. The van der Waals surface area contributed by atoms with Crippen molar-refractivity contribution in [2.45, 2.75) is 6.92 Å². The number of hydrogen-bond donors (Lipinski definition) is 1. The van der Waals surface area contributed by atoms with Gasteiger partial charge in [-0.1, -0.05) is 29.8 Å². The third-order valence-electron chi connectivity index (χ3n) is 3.06. The minimum atomic E-state index is -0.560. The van der Waals surface area contributed by atoms with E-state index in [1.807, 2.05) is 31.2 Å². The lowest BCUT2D eigenvalue weighted by atomic mass is 10.1. The summed E-state index contributed by atoms with van der Waals surface area (Å²) in [5, 5.41) is 13.1. The SMILES string of the molecule is Cc1ccc(-c2ccc(C(=O)Nc3ncc([N+](=O)[O-])s3)o2)cc1. The largest absolute Gasteiger partial charge is 0.451 e. The quantitative estimate of drug-likeness (QED) is 0.578. The zero-order valence-corrected chi connectivity index (χ0v) is 12.8. The van der Waals surface area contributed by atoms with Crippen LogP contribution in [0.2, 0.25) is 0 Å². The number of nitrogens with zero attached hydrogens (tertiary/aromatic N) is 2. The lowest BCUT2D eigenvalue weighted by Gasteiger charge is -1.99. The molecule has 0 atom stereocenters. The van der Waals surface area contributed by atoms with E-state index in [2.05, 4.69) is 10.3 Å². The molecule has 23 heavy (non-hydrogen) atoms. The Kier molecular flexibility index (Phi) is 3.90. The van der Waals surface area contributed by atoms with Crippen molar-refractivity contribution in [2.75, 3.05) is 5.32 Å². The van der Waals surface area contributed by atoms with Crippen molar-refractivity contribution in [3.8, 4) is 11.3 Å². The van der Waals surface area contributed by atoms with E-state index in [0.717, 1.165) is 28.7 Å². The molecule has 8 heteroatoms. The second-order valence-electron chi connectivity index (χ2n) is 4.74. The van der Waals surface area contributed by atoms with Crippen LogP contribution in [0.15, 0.2) is 47.0 Å². The number of carbonyl (C=O) groups excluding carboxylic acids is 1. The van der Waals surface area contributed by atoms with E-state index >= 15 is 0 Å². The average Bonchev–Trinajstić information content (AvgIpc) is 3.17. The van der Waals surface area contributed by atoms with Crippen LogP contribution < -0.4 is 5.32 Å². The number of amides is 1. The highest BCUT2D eigenvalue weighted by molar-refractivity contribution is 7.18. The number of rotatable bonds is 4. The van der Waals surface area contributed by atoms with E-state index < -0.39 is 10.8 Å². The average molecular weight is 329 g/mol. The van der Waals surface area contributed by atoms with Gasteiger partial charge in [0.25, 0.3) is 5.91 Å². The molecule has 0 spiro atoms. The fourth-order valence-corrected chi connectivity index (χ4v) is 2.53. The Morgan fingerprint density at radius 2 is 2.00 bits per heavy atom. The van der Waals surface area contributed by atoms with Gasteiger partial charge in [0.05, 0.1) is 4.92 Å². The second-order valence-corrected chi connectivity index (χ2v) is 5.75. The third-order valence-corrected chi connectivity index (χ3v) is 3.92. The molecule has 3 rings (SSSR count). The van der Waals surface area contributed by atoms with Crippen LogP contribution in [0.25, 0.3) is 11.3 Å². The molecule has 0 fully saturated rings. The molecule has 1 N–H and O–H groups in total. The molecule has 2 aromatic heterocycles. The number of furan rings is 1. The first-order valence-corrected chi connectivity index (χ1v) is 7.43. The molecule has 0 aliphatic rings. The fourth-order valence-electron chi connectivity index (χ4n) is 1.90. The van der Waals surface area contributed by atoms with Crippen molar-refractivity contribution in [2.24, 2.45) is 0 Å². The summed E-state index contributed by atoms with van der Waals surface area (Å²) in [7, 11) is 0. The fraction of sp³-hybridized carbons (Fsp3) is 0.0667. The number of carbonyl (C=O) groups is 1. The first kappa shape index (κ1) is 14.9. The molecular weight excluding hydrogens is 318 g/mol. The summed E-state index contributed by atoms with van der Waals surface area (Å²) in [5.41, 5.74) is 1.99. The zero-order valence-electron chi connectivity index (χ0n) is 12.0. The van der Waals surface area contributed by atoms with Crippen LogP contribution in [0.5, 0.6) is 0 Å².